The van der Waals surface area contributed by atoms with Crippen LogP contribution in [0.15, 0.2) is 36.5 Å². The average Bonchev–Trinajstić information content (AvgIpc) is 3.21. The Bertz CT molecular complexity index is 817. The number of carbonyl (C=O) groups is 1. The predicted molar refractivity (Wildman–Crippen MR) is 89.0 cm³/mol. The molecule has 5 nitrogen and oxygen atoms in total. The van der Waals surface area contributed by atoms with E-state index in [0.717, 1.165) is 36.2 Å². The summed E-state index contributed by atoms with van der Waals surface area (Å²) in [4.78, 5) is 14.7. The summed E-state index contributed by atoms with van der Waals surface area (Å²) < 4.78 is 40.1. The first-order valence-electron chi connectivity index (χ1n) is 8.69. The van der Waals surface area contributed by atoms with E-state index in [9.17, 15) is 18.0 Å². The fourth-order valence-electron chi connectivity index (χ4n) is 3.80. The van der Waals surface area contributed by atoms with E-state index in [1.54, 1.807) is 17.0 Å². The maximum Gasteiger partial charge on any atom is 0.433 e. The number of carbonyl (C=O) groups excluding carboxylic acids is 1. The Balaban J connectivity index is 1.60. The van der Waals surface area contributed by atoms with Gasteiger partial charge in [-0.15, -0.1) is 0 Å². The molecule has 2 atom stereocenters. The second kappa shape index (κ2) is 6.42. The molecule has 2 aliphatic heterocycles. The van der Waals surface area contributed by atoms with Gasteiger partial charge in [-0.05, 0) is 43.5 Å². The van der Waals surface area contributed by atoms with E-state index in [1.165, 1.54) is 12.1 Å². The summed E-state index contributed by atoms with van der Waals surface area (Å²) in [6.45, 7) is 1.29. The van der Waals surface area contributed by atoms with E-state index in [4.69, 9.17) is 0 Å². The molecule has 2 aromatic rings. The van der Waals surface area contributed by atoms with Gasteiger partial charge in [-0.1, -0.05) is 6.07 Å². The molecule has 1 aromatic carbocycles. The summed E-state index contributed by atoms with van der Waals surface area (Å²) >= 11 is 0. The Kier molecular flexibility index (Phi) is 4.22. The van der Waals surface area contributed by atoms with Crippen molar-refractivity contribution in [2.75, 3.05) is 13.1 Å². The number of aromatic nitrogens is 2. The molecule has 0 aliphatic carbocycles. The van der Waals surface area contributed by atoms with Gasteiger partial charge in [0.1, 0.15) is 5.69 Å². The first-order valence-corrected chi connectivity index (χ1v) is 8.69. The molecule has 1 N–H and O–H groups in total. The summed E-state index contributed by atoms with van der Waals surface area (Å²) in [6, 6.07) is 7.91. The molecule has 26 heavy (non-hydrogen) atoms. The van der Waals surface area contributed by atoms with E-state index < -0.39 is 11.9 Å². The molecule has 2 unspecified atom stereocenters. The zero-order valence-corrected chi connectivity index (χ0v) is 14.0. The van der Waals surface area contributed by atoms with Gasteiger partial charge in [-0.25, -0.2) is 4.68 Å². The number of amides is 1. The number of benzene rings is 1. The van der Waals surface area contributed by atoms with Crippen LogP contribution in [0, 0.1) is 0 Å². The normalized spacial score (nSPS) is 23.1. The SMILES string of the molecule is O=C(c1cccc(-n2nccc2C(F)(F)F)c1)N1CCC2CCC(C1)N2. The Labute approximate surface area is 148 Å². The van der Waals surface area contributed by atoms with Crippen LogP contribution in [-0.2, 0) is 6.18 Å². The van der Waals surface area contributed by atoms with Crippen molar-refractivity contribution in [2.45, 2.75) is 37.5 Å². The lowest BCUT2D eigenvalue weighted by atomic mass is 10.1. The minimum absolute atomic E-state index is 0.151. The third-order valence-electron chi connectivity index (χ3n) is 5.08. The minimum Gasteiger partial charge on any atom is -0.337 e. The van der Waals surface area contributed by atoms with Crippen LogP contribution in [0.3, 0.4) is 0 Å². The molecule has 1 aromatic heterocycles. The van der Waals surface area contributed by atoms with Crippen molar-refractivity contribution in [1.82, 2.24) is 20.0 Å². The molecule has 8 heteroatoms. The van der Waals surface area contributed by atoms with E-state index >= 15 is 0 Å². The number of fused-ring (bicyclic) bond motifs is 2. The molecule has 1 amide bonds. The lowest BCUT2D eigenvalue weighted by Gasteiger charge is -2.24. The number of nitrogens with zero attached hydrogens (tertiary/aromatic N) is 3. The highest BCUT2D eigenvalue weighted by Gasteiger charge is 2.35. The van der Waals surface area contributed by atoms with Gasteiger partial charge in [-0.3, -0.25) is 4.79 Å². The average molecular weight is 364 g/mol. The Morgan fingerprint density at radius 2 is 1.96 bits per heavy atom. The minimum atomic E-state index is -4.51. The van der Waals surface area contributed by atoms with E-state index in [1.807, 2.05) is 0 Å². The lowest BCUT2D eigenvalue weighted by Crippen LogP contribution is -2.39. The lowest BCUT2D eigenvalue weighted by molar-refractivity contribution is -0.142. The van der Waals surface area contributed by atoms with Crippen LogP contribution >= 0.6 is 0 Å². The fraction of sp³-hybridized carbons (Fsp3) is 0.444. The largest absolute Gasteiger partial charge is 0.433 e. The first kappa shape index (κ1) is 17.1. The number of hydrogen-bond donors (Lipinski definition) is 1. The third-order valence-corrected chi connectivity index (χ3v) is 5.08. The molecule has 2 saturated heterocycles. The monoisotopic (exact) mass is 364 g/mol. The number of halogens is 3. The zero-order valence-electron chi connectivity index (χ0n) is 14.0. The maximum atomic E-state index is 13.1. The highest BCUT2D eigenvalue weighted by Crippen LogP contribution is 2.30. The predicted octanol–water partition coefficient (Wildman–Crippen LogP) is 2.86. The summed E-state index contributed by atoms with van der Waals surface area (Å²) in [5.74, 6) is -0.151. The van der Waals surface area contributed by atoms with Gasteiger partial charge in [0.25, 0.3) is 5.91 Å². The van der Waals surface area contributed by atoms with Crippen molar-refractivity contribution >= 4 is 5.91 Å². The van der Waals surface area contributed by atoms with Crippen LogP contribution in [0.4, 0.5) is 13.2 Å². The molecule has 2 aliphatic rings. The molecule has 0 radical (unpaired) electrons. The molecule has 2 fully saturated rings. The smallest absolute Gasteiger partial charge is 0.337 e. The van der Waals surface area contributed by atoms with Crippen molar-refractivity contribution in [3.05, 3.63) is 47.8 Å². The third kappa shape index (κ3) is 3.21. The highest BCUT2D eigenvalue weighted by atomic mass is 19.4. The fourth-order valence-corrected chi connectivity index (χ4v) is 3.80. The topological polar surface area (TPSA) is 50.2 Å². The van der Waals surface area contributed by atoms with Crippen LogP contribution in [0.5, 0.6) is 0 Å². The summed E-state index contributed by atoms with van der Waals surface area (Å²) in [7, 11) is 0. The summed E-state index contributed by atoms with van der Waals surface area (Å²) in [6.07, 6.45) is -0.307. The molecule has 0 saturated carbocycles. The quantitative estimate of drug-likeness (QED) is 0.892. The molecule has 0 spiro atoms. The van der Waals surface area contributed by atoms with Crippen LogP contribution in [0.25, 0.3) is 5.69 Å². The van der Waals surface area contributed by atoms with Gasteiger partial charge in [0.05, 0.1) is 11.9 Å². The van der Waals surface area contributed by atoms with E-state index in [2.05, 4.69) is 10.4 Å². The summed E-state index contributed by atoms with van der Waals surface area (Å²) in [5.41, 5.74) is -0.259. The number of nitrogens with one attached hydrogen (secondary N) is 1. The second-order valence-electron chi connectivity index (χ2n) is 6.85. The van der Waals surface area contributed by atoms with Crippen molar-refractivity contribution in [3.63, 3.8) is 0 Å². The number of alkyl halides is 3. The van der Waals surface area contributed by atoms with Gasteiger partial charge >= 0.3 is 6.18 Å². The Hall–Kier alpha value is -2.35. The maximum absolute atomic E-state index is 13.1. The molecular formula is C18H19F3N4O. The van der Waals surface area contributed by atoms with Crippen LogP contribution < -0.4 is 5.32 Å². The van der Waals surface area contributed by atoms with Gasteiger partial charge < -0.3 is 10.2 Å². The first-order chi connectivity index (χ1) is 12.4. The number of likely N-dealkylation sites (tertiary alicyclic amines) is 1. The van der Waals surface area contributed by atoms with Gasteiger partial charge in [0.2, 0.25) is 0 Å². The molecular weight excluding hydrogens is 345 g/mol. The Morgan fingerprint density at radius 3 is 2.77 bits per heavy atom. The number of hydrogen-bond acceptors (Lipinski definition) is 3. The second-order valence-corrected chi connectivity index (χ2v) is 6.85. The van der Waals surface area contributed by atoms with Crippen molar-refractivity contribution in [2.24, 2.45) is 0 Å². The molecule has 4 rings (SSSR count). The van der Waals surface area contributed by atoms with Crippen LogP contribution in [0.2, 0.25) is 0 Å². The van der Waals surface area contributed by atoms with Gasteiger partial charge in [0, 0.05) is 30.7 Å². The number of rotatable bonds is 2. The van der Waals surface area contributed by atoms with Crippen molar-refractivity contribution < 1.29 is 18.0 Å². The summed E-state index contributed by atoms with van der Waals surface area (Å²) in [5, 5.41) is 7.29. The van der Waals surface area contributed by atoms with Crippen molar-refractivity contribution in [1.29, 1.82) is 0 Å². The zero-order chi connectivity index (χ0) is 18.3. The molecule has 2 bridgehead atoms. The van der Waals surface area contributed by atoms with Gasteiger partial charge in [-0.2, -0.15) is 18.3 Å². The van der Waals surface area contributed by atoms with E-state index in [-0.39, 0.29) is 11.6 Å². The highest BCUT2D eigenvalue weighted by molar-refractivity contribution is 5.94. The van der Waals surface area contributed by atoms with Crippen LogP contribution in [-0.4, -0.2) is 45.8 Å². The standard InChI is InChI=1S/C18H19F3N4O/c19-18(20,21)16-6-8-22-25(16)15-3-1-2-12(10-15)17(26)24-9-7-13-4-5-14(11-24)23-13/h1-3,6,8,10,13-14,23H,4-5,7,9,11H2. The van der Waals surface area contributed by atoms with Crippen LogP contribution in [0.1, 0.15) is 35.3 Å². The molecule has 138 valence electrons. The van der Waals surface area contributed by atoms with Gasteiger partial charge in [0.15, 0.2) is 0 Å². The Morgan fingerprint density at radius 1 is 1.15 bits per heavy atom. The molecule has 3 heterocycles. The van der Waals surface area contributed by atoms with E-state index in [0.29, 0.717) is 30.7 Å². The van der Waals surface area contributed by atoms with Crippen molar-refractivity contribution in [3.8, 4) is 5.69 Å².